The normalized spacial score (nSPS) is 20.2. The first kappa shape index (κ1) is 12.9. The van der Waals surface area contributed by atoms with Crippen LogP contribution in [0.5, 0.6) is 0 Å². The van der Waals surface area contributed by atoms with Gasteiger partial charge in [0, 0.05) is 41.6 Å². The molecule has 1 atom stereocenters. The highest BCUT2D eigenvalue weighted by Gasteiger charge is 2.16. The number of carbonyl (C=O) groups is 1. The third-order valence-corrected chi connectivity index (χ3v) is 4.63. The average Bonchev–Trinajstić information content (AvgIpc) is 2.74. The van der Waals surface area contributed by atoms with Crippen molar-refractivity contribution < 1.29 is 4.79 Å². The van der Waals surface area contributed by atoms with Crippen LogP contribution in [0.15, 0.2) is 5.38 Å². The first-order chi connectivity index (χ1) is 8.24. The van der Waals surface area contributed by atoms with Gasteiger partial charge >= 0.3 is 0 Å². The monoisotopic (exact) mass is 271 g/mol. The lowest BCUT2D eigenvalue weighted by Gasteiger charge is -2.22. The first-order valence-corrected chi connectivity index (χ1v) is 7.76. The standard InChI is InChI=1S/C11H17N3OS2/c1-8-6-17-11(14-8)5-13-10(15)4-9-7-16-3-2-12-9/h6,9,12H,2-5,7H2,1H3,(H,13,15). The van der Waals surface area contributed by atoms with Crippen molar-refractivity contribution in [2.45, 2.75) is 25.9 Å². The molecule has 1 amide bonds. The Hall–Kier alpha value is -0.590. The number of aromatic nitrogens is 1. The van der Waals surface area contributed by atoms with Crippen LogP contribution in [0, 0.1) is 6.92 Å². The average molecular weight is 271 g/mol. The van der Waals surface area contributed by atoms with E-state index in [1.807, 2.05) is 24.1 Å². The minimum Gasteiger partial charge on any atom is -0.350 e. The van der Waals surface area contributed by atoms with Gasteiger partial charge in [0.05, 0.1) is 6.54 Å². The zero-order valence-corrected chi connectivity index (χ0v) is 11.5. The summed E-state index contributed by atoms with van der Waals surface area (Å²) in [5, 5.41) is 9.25. The largest absolute Gasteiger partial charge is 0.350 e. The second kappa shape index (κ2) is 6.37. The van der Waals surface area contributed by atoms with Crippen molar-refractivity contribution in [1.82, 2.24) is 15.6 Å². The number of rotatable bonds is 4. The van der Waals surface area contributed by atoms with Crippen molar-refractivity contribution in [2.75, 3.05) is 18.1 Å². The van der Waals surface area contributed by atoms with E-state index >= 15 is 0 Å². The lowest BCUT2D eigenvalue weighted by atomic mass is 10.2. The Morgan fingerprint density at radius 3 is 3.24 bits per heavy atom. The lowest BCUT2D eigenvalue weighted by Crippen LogP contribution is -2.41. The summed E-state index contributed by atoms with van der Waals surface area (Å²) in [4.78, 5) is 16.0. The quantitative estimate of drug-likeness (QED) is 0.863. The predicted molar refractivity (Wildman–Crippen MR) is 72.4 cm³/mol. The van der Waals surface area contributed by atoms with E-state index in [-0.39, 0.29) is 5.91 Å². The summed E-state index contributed by atoms with van der Waals surface area (Å²) >= 11 is 3.50. The second-order valence-corrected chi connectivity index (χ2v) is 6.18. The van der Waals surface area contributed by atoms with Gasteiger partial charge in [-0.15, -0.1) is 11.3 Å². The van der Waals surface area contributed by atoms with Crippen LogP contribution in [0.3, 0.4) is 0 Å². The summed E-state index contributed by atoms with van der Waals surface area (Å²) in [6.45, 7) is 3.52. The fourth-order valence-electron chi connectivity index (χ4n) is 1.70. The van der Waals surface area contributed by atoms with Crippen LogP contribution in [0.4, 0.5) is 0 Å². The van der Waals surface area contributed by atoms with Gasteiger partial charge in [-0.2, -0.15) is 11.8 Å². The third-order valence-electron chi connectivity index (χ3n) is 2.53. The number of thioether (sulfide) groups is 1. The Morgan fingerprint density at radius 1 is 1.71 bits per heavy atom. The number of hydrogen-bond donors (Lipinski definition) is 2. The molecule has 2 rings (SSSR count). The fourth-order valence-corrected chi connectivity index (χ4v) is 3.37. The number of thiazole rings is 1. The third kappa shape index (κ3) is 4.29. The van der Waals surface area contributed by atoms with Crippen molar-refractivity contribution in [1.29, 1.82) is 0 Å². The molecule has 4 nitrogen and oxygen atoms in total. The summed E-state index contributed by atoms with van der Waals surface area (Å²) in [5.74, 6) is 2.29. The molecule has 2 heterocycles. The smallest absolute Gasteiger partial charge is 0.221 e. The maximum atomic E-state index is 11.7. The van der Waals surface area contributed by atoms with Crippen molar-refractivity contribution in [3.63, 3.8) is 0 Å². The van der Waals surface area contributed by atoms with E-state index in [1.54, 1.807) is 11.3 Å². The van der Waals surface area contributed by atoms with E-state index in [1.165, 1.54) is 0 Å². The molecule has 1 aliphatic heterocycles. The highest BCUT2D eigenvalue weighted by molar-refractivity contribution is 7.99. The van der Waals surface area contributed by atoms with E-state index in [4.69, 9.17) is 0 Å². The number of nitrogens with zero attached hydrogens (tertiary/aromatic N) is 1. The van der Waals surface area contributed by atoms with Gasteiger partial charge in [0.2, 0.25) is 5.91 Å². The highest BCUT2D eigenvalue weighted by Crippen LogP contribution is 2.11. The summed E-state index contributed by atoms with van der Waals surface area (Å²) in [6.07, 6.45) is 0.567. The Bertz CT molecular complexity index is 375. The predicted octanol–water partition coefficient (Wildman–Crippen LogP) is 1.16. The molecule has 0 aromatic carbocycles. The Morgan fingerprint density at radius 2 is 2.59 bits per heavy atom. The first-order valence-electron chi connectivity index (χ1n) is 5.73. The fraction of sp³-hybridized carbons (Fsp3) is 0.636. The van der Waals surface area contributed by atoms with Crippen LogP contribution in [0.1, 0.15) is 17.1 Å². The van der Waals surface area contributed by atoms with Gasteiger partial charge in [-0.1, -0.05) is 0 Å². The topological polar surface area (TPSA) is 54.0 Å². The lowest BCUT2D eigenvalue weighted by molar-refractivity contribution is -0.121. The summed E-state index contributed by atoms with van der Waals surface area (Å²) in [6, 6.07) is 0.326. The molecular formula is C11H17N3OS2. The van der Waals surface area contributed by atoms with Gasteiger partial charge in [-0.3, -0.25) is 4.79 Å². The molecule has 17 heavy (non-hydrogen) atoms. The molecule has 0 spiro atoms. The number of aryl methyl sites for hydroxylation is 1. The molecule has 2 N–H and O–H groups in total. The van der Waals surface area contributed by atoms with E-state index in [9.17, 15) is 4.79 Å². The van der Waals surface area contributed by atoms with Gasteiger partial charge in [-0.25, -0.2) is 4.98 Å². The van der Waals surface area contributed by atoms with Gasteiger partial charge in [0.1, 0.15) is 5.01 Å². The van der Waals surface area contributed by atoms with Crippen molar-refractivity contribution >= 4 is 29.0 Å². The Balaban J connectivity index is 1.70. The summed E-state index contributed by atoms with van der Waals surface area (Å²) < 4.78 is 0. The molecule has 1 unspecified atom stereocenters. The minimum absolute atomic E-state index is 0.109. The van der Waals surface area contributed by atoms with Crippen LogP contribution in [-0.4, -0.2) is 35.0 Å². The van der Waals surface area contributed by atoms with Gasteiger partial charge in [0.25, 0.3) is 0 Å². The van der Waals surface area contributed by atoms with Crippen LogP contribution < -0.4 is 10.6 Å². The second-order valence-electron chi connectivity index (χ2n) is 4.09. The van der Waals surface area contributed by atoms with E-state index in [0.29, 0.717) is 19.0 Å². The molecule has 0 aliphatic carbocycles. The van der Waals surface area contributed by atoms with E-state index in [2.05, 4.69) is 15.6 Å². The van der Waals surface area contributed by atoms with Crippen LogP contribution >= 0.6 is 23.1 Å². The minimum atomic E-state index is 0.109. The molecule has 1 saturated heterocycles. The van der Waals surface area contributed by atoms with Crippen molar-refractivity contribution in [3.05, 3.63) is 16.1 Å². The number of amides is 1. The molecule has 1 fully saturated rings. The van der Waals surface area contributed by atoms with Gasteiger partial charge in [-0.05, 0) is 6.92 Å². The molecule has 0 saturated carbocycles. The molecular weight excluding hydrogens is 254 g/mol. The molecule has 0 radical (unpaired) electrons. The SMILES string of the molecule is Cc1csc(CNC(=O)CC2CSCCN2)n1. The molecule has 94 valence electrons. The molecule has 1 aliphatic rings. The van der Waals surface area contributed by atoms with Crippen molar-refractivity contribution in [2.24, 2.45) is 0 Å². The zero-order chi connectivity index (χ0) is 12.1. The molecule has 1 aromatic rings. The van der Waals surface area contributed by atoms with Crippen LogP contribution in [-0.2, 0) is 11.3 Å². The van der Waals surface area contributed by atoms with Crippen molar-refractivity contribution in [3.8, 4) is 0 Å². The number of carbonyl (C=O) groups excluding carboxylic acids is 1. The maximum Gasteiger partial charge on any atom is 0.221 e. The van der Waals surface area contributed by atoms with E-state index < -0.39 is 0 Å². The summed E-state index contributed by atoms with van der Waals surface area (Å²) in [7, 11) is 0. The molecule has 1 aromatic heterocycles. The Labute approximate surface area is 110 Å². The van der Waals surface area contributed by atoms with E-state index in [0.717, 1.165) is 28.8 Å². The Kier molecular flexibility index (Phi) is 4.82. The van der Waals surface area contributed by atoms with Gasteiger partial charge in [0.15, 0.2) is 0 Å². The molecule has 6 heteroatoms. The number of hydrogen-bond acceptors (Lipinski definition) is 5. The number of nitrogens with one attached hydrogen (secondary N) is 2. The van der Waals surface area contributed by atoms with Crippen LogP contribution in [0.2, 0.25) is 0 Å². The molecule has 0 bridgehead atoms. The maximum absolute atomic E-state index is 11.7. The summed E-state index contributed by atoms with van der Waals surface area (Å²) in [5.41, 5.74) is 1.02. The zero-order valence-electron chi connectivity index (χ0n) is 9.86. The highest BCUT2D eigenvalue weighted by atomic mass is 32.2. The van der Waals surface area contributed by atoms with Crippen LogP contribution in [0.25, 0.3) is 0 Å². The van der Waals surface area contributed by atoms with Gasteiger partial charge < -0.3 is 10.6 Å².